The lowest BCUT2D eigenvalue weighted by molar-refractivity contribution is 0.647. The summed E-state index contributed by atoms with van der Waals surface area (Å²) in [6, 6.07) is 5.83. The molecule has 0 heterocycles. The molecule has 0 fully saturated rings. The highest BCUT2D eigenvalue weighted by molar-refractivity contribution is 6.33. The van der Waals surface area contributed by atoms with Crippen molar-refractivity contribution in [2.24, 2.45) is 5.92 Å². The Balaban J connectivity index is 2.82. The number of nitrogens with two attached hydrogens (primary N) is 1. The first-order valence-electron chi connectivity index (χ1n) is 4.13. The first kappa shape index (κ1) is 9.40. The third kappa shape index (κ3) is 2.42. The van der Waals surface area contributed by atoms with Gasteiger partial charge >= 0.3 is 0 Å². The molecule has 0 aliphatic rings. The molecule has 1 aromatic rings. The molecule has 1 rings (SSSR count). The van der Waals surface area contributed by atoms with E-state index >= 15 is 0 Å². The van der Waals surface area contributed by atoms with Crippen molar-refractivity contribution in [2.75, 3.05) is 5.73 Å². The number of halogens is 1. The fourth-order valence-corrected chi connectivity index (χ4v) is 1.37. The maximum atomic E-state index is 5.87. The molecule has 0 radical (unpaired) electrons. The quantitative estimate of drug-likeness (QED) is 0.701. The molecule has 2 heteroatoms. The highest BCUT2D eigenvalue weighted by Gasteiger charge is 2.00. The molecule has 0 amide bonds. The van der Waals surface area contributed by atoms with Gasteiger partial charge in [-0.2, -0.15) is 0 Å². The van der Waals surface area contributed by atoms with Gasteiger partial charge in [0.25, 0.3) is 0 Å². The van der Waals surface area contributed by atoms with Crippen LogP contribution < -0.4 is 5.73 Å². The monoisotopic (exact) mass is 183 g/mol. The molecular formula is C10H14ClN. The van der Waals surface area contributed by atoms with Gasteiger partial charge in [-0.3, -0.25) is 0 Å². The summed E-state index contributed by atoms with van der Waals surface area (Å²) < 4.78 is 0. The van der Waals surface area contributed by atoms with Crippen LogP contribution in [-0.4, -0.2) is 0 Å². The van der Waals surface area contributed by atoms with Crippen molar-refractivity contribution in [3.63, 3.8) is 0 Å². The smallest absolute Gasteiger partial charge is 0.0638 e. The van der Waals surface area contributed by atoms with Crippen molar-refractivity contribution < 1.29 is 0 Å². The minimum Gasteiger partial charge on any atom is -0.398 e. The number of nitrogen functional groups attached to an aromatic ring is 1. The van der Waals surface area contributed by atoms with Gasteiger partial charge in [0.15, 0.2) is 0 Å². The van der Waals surface area contributed by atoms with Crippen LogP contribution in [0, 0.1) is 5.92 Å². The zero-order valence-corrected chi connectivity index (χ0v) is 8.23. The van der Waals surface area contributed by atoms with Crippen LogP contribution in [0.25, 0.3) is 0 Å². The molecule has 0 aliphatic carbocycles. The van der Waals surface area contributed by atoms with Crippen LogP contribution in [0.15, 0.2) is 18.2 Å². The van der Waals surface area contributed by atoms with E-state index in [0.717, 1.165) is 6.42 Å². The molecule has 66 valence electrons. The molecule has 0 saturated heterocycles. The number of hydrogen-bond donors (Lipinski definition) is 1. The largest absolute Gasteiger partial charge is 0.398 e. The predicted octanol–water partition coefficient (Wildman–Crippen LogP) is 3.12. The molecule has 0 aromatic heterocycles. The van der Waals surface area contributed by atoms with Crippen LogP contribution >= 0.6 is 11.6 Å². The summed E-state index contributed by atoms with van der Waals surface area (Å²) in [5, 5.41) is 0.660. The Hall–Kier alpha value is -0.690. The molecule has 0 bridgehead atoms. The van der Waals surface area contributed by atoms with Gasteiger partial charge in [-0.05, 0) is 30.0 Å². The predicted molar refractivity (Wildman–Crippen MR) is 54.4 cm³/mol. The summed E-state index contributed by atoms with van der Waals surface area (Å²) in [5.41, 5.74) is 7.50. The normalized spacial score (nSPS) is 10.7. The van der Waals surface area contributed by atoms with E-state index in [0.29, 0.717) is 16.6 Å². The van der Waals surface area contributed by atoms with Gasteiger partial charge in [-0.25, -0.2) is 0 Å². The molecule has 0 unspecified atom stereocenters. The second kappa shape index (κ2) is 3.81. The Kier molecular flexibility index (Phi) is 2.99. The third-order valence-electron chi connectivity index (χ3n) is 1.71. The van der Waals surface area contributed by atoms with Crippen molar-refractivity contribution in [3.8, 4) is 0 Å². The average Bonchev–Trinajstić information content (AvgIpc) is 1.96. The van der Waals surface area contributed by atoms with Gasteiger partial charge in [0, 0.05) is 0 Å². The minimum absolute atomic E-state index is 0.657. The Morgan fingerprint density at radius 1 is 1.42 bits per heavy atom. The Morgan fingerprint density at radius 3 is 2.58 bits per heavy atom. The summed E-state index contributed by atoms with van der Waals surface area (Å²) in [6.45, 7) is 4.37. The van der Waals surface area contributed by atoms with E-state index in [9.17, 15) is 0 Å². The van der Waals surface area contributed by atoms with E-state index < -0.39 is 0 Å². The Labute approximate surface area is 78.5 Å². The molecule has 12 heavy (non-hydrogen) atoms. The molecule has 0 spiro atoms. The van der Waals surface area contributed by atoms with Gasteiger partial charge < -0.3 is 5.73 Å². The SMILES string of the molecule is CC(C)Cc1ccc(N)c(Cl)c1. The van der Waals surface area contributed by atoms with E-state index in [-0.39, 0.29) is 0 Å². The molecule has 0 saturated carbocycles. The van der Waals surface area contributed by atoms with Crippen molar-refractivity contribution in [1.82, 2.24) is 0 Å². The van der Waals surface area contributed by atoms with Crippen molar-refractivity contribution in [1.29, 1.82) is 0 Å². The zero-order valence-electron chi connectivity index (χ0n) is 7.47. The summed E-state index contributed by atoms with van der Waals surface area (Å²) >= 11 is 5.87. The average molecular weight is 184 g/mol. The van der Waals surface area contributed by atoms with Crippen LogP contribution in [0.1, 0.15) is 19.4 Å². The fourth-order valence-electron chi connectivity index (χ4n) is 1.17. The third-order valence-corrected chi connectivity index (χ3v) is 2.04. The standard InChI is InChI=1S/C10H14ClN/c1-7(2)5-8-3-4-10(12)9(11)6-8/h3-4,6-7H,5,12H2,1-2H3. The maximum Gasteiger partial charge on any atom is 0.0638 e. The van der Waals surface area contributed by atoms with Gasteiger partial charge in [0.2, 0.25) is 0 Å². The van der Waals surface area contributed by atoms with E-state index in [2.05, 4.69) is 13.8 Å². The van der Waals surface area contributed by atoms with E-state index in [1.54, 1.807) is 0 Å². The van der Waals surface area contributed by atoms with Crippen LogP contribution in [-0.2, 0) is 6.42 Å². The number of benzene rings is 1. The molecule has 2 N–H and O–H groups in total. The molecule has 1 aromatic carbocycles. The molecule has 1 nitrogen and oxygen atoms in total. The van der Waals surface area contributed by atoms with Crippen LogP contribution in [0.3, 0.4) is 0 Å². The zero-order chi connectivity index (χ0) is 9.14. The highest BCUT2D eigenvalue weighted by Crippen LogP contribution is 2.21. The van der Waals surface area contributed by atoms with E-state index in [1.165, 1.54) is 5.56 Å². The fraction of sp³-hybridized carbons (Fsp3) is 0.400. The molecule has 0 atom stereocenters. The van der Waals surface area contributed by atoms with Crippen molar-refractivity contribution in [2.45, 2.75) is 20.3 Å². The van der Waals surface area contributed by atoms with Crippen LogP contribution in [0.5, 0.6) is 0 Å². The van der Waals surface area contributed by atoms with Gasteiger partial charge in [0.1, 0.15) is 0 Å². The lowest BCUT2D eigenvalue weighted by atomic mass is 10.0. The Morgan fingerprint density at radius 2 is 2.08 bits per heavy atom. The lowest BCUT2D eigenvalue weighted by Gasteiger charge is -2.06. The number of hydrogen-bond acceptors (Lipinski definition) is 1. The first-order valence-corrected chi connectivity index (χ1v) is 4.51. The van der Waals surface area contributed by atoms with Crippen molar-refractivity contribution in [3.05, 3.63) is 28.8 Å². The number of anilines is 1. The topological polar surface area (TPSA) is 26.0 Å². The number of rotatable bonds is 2. The summed E-state index contributed by atoms with van der Waals surface area (Å²) in [4.78, 5) is 0. The highest BCUT2D eigenvalue weighted by atomic mass is 35.5. The van der Waals surface area contributed by atoms with Crippen LogP contribution in [0.2, 0.25) is 5.02 Å². The van der Waals surface area contributed by atoms with E-state index in [1.807, 2.05) is 18.2 Å². The van der Waals surface area contributed by atoms with Gasteiger partial charge in [0.05, 0.1) is 10.7 Å². The summed E-state index contributed by atoms with van der Waals surface area (Å²) in [7, 11) is 0. The van der Waals surface area contributed by atoms with Crippen LogP contribution in [0.4, 0.5) is 5.69 Å². The van der Waals surface area contributed by atoms with E-state index in [4.69, 9.17) is 17.3 Å². The maximum absolute atomic E-state index is 5.87. The second-order valence-corrected chi connectivity index (χ2v) is 3.86. The van der Waals surface area contributed by atoms with Crippen molar-refractivity contribution >= 4 is 17.3 Å². The molecular weight excluding hydrogens is 170 g/mol. The summed E-state index contributed by atoms with van der Waals surface area (Å²) in [5.74, 6) is 0.657. The lowest BCUT2D eigenvalue weighted by Crippen LogP contribution is -1.95. The minimum atomic E-state index is 0.657. The van der Waals surface area contributed by atoms with Gasteiger partial charge in [-0.1, -0.05) is 31.5 Å². The summed E-state index contributed by atoms with van der Waals surface area (Å²) in [6.07, 6.45) is 1.06. The molecule has 0 aliphatic heterocycles. The van der Waals surface area contributed by atoms with Gasteiger partial charge in [-0.15, -0.1) is 0 Å². The Bertz CT molecular complexity index is 269. The first-order chi connectivity index (χ1) is 5.59. The second-order valence-electron chi connectivity index (χ2n) is 3.45.